The number of nitrogens with zero attached hydrogens (tertiary/aromatic N) is 1. The summed E-state index contributed by atoms with van der Waals surface area (Å²) in [6.45, 7) is 9.82. The molecule has 114 valence electrons. The Morgan fingerprint density at radius 3 is 2.58 bits per heavy atom. The first-order valence-corrected chi connectivity index (χ1v) is 9.62. The third-order valence-corrected chi connectivity index (χ3v) is 5.07. The first-order chi connectivity index (χ1) is 9.27. The smallest absolute Gasteiger partial charge is 0.00679 e. The van der Waals surface area contributed by atoms with E-state index in [1.165, 1.54) is 70.5 Å². The van der Waals surface area contributed by atoms with Crippen LogP contribution in [0.1, 0.15) is 52.4 Å². The Morgan fingerprint density at radius 2 is 1.95 bits per heavy atom. The van der Waals surface area contributed by atoms with Crippen LogP contribution in [0, 0.1) is 5.92 Å². The SMILES string of the molecule is CCCN1CCC(C(C)NCCCCCSC)CC1. The van der Waals surface area contributed by atoms with Gasteiger partial charge < -0.3 is 10.2 Å². The molecule has 0 aromatic heterocycles. The topological polar surface area (TPSA) is 15.3 Å². The molecular formula is C16H34N2S. The van der Waals surface area contributed by atoms with Crippen LogP contribution in [0.4, 0.5) is 0 Å². The summed E-state index contributed by atoms with van der Waals surface area (Å²) in [5, 5.41) is 3.75. The molecule has 0 bridgehead atoms. The Morgan fingerprint density at radius 1 is 1.21 bits per heavy atom. The van der Waals surface area contributed by atoms with E-state index in [4.69, 9.17) is 0 Å². The molecular weight excluding hydrogens is 252 g/mol. The number of thioether (sulfide) groups is 1. The van der Waals surface area contributed by atoms with Crippen molar-refractivity contribution in [2.75, 3.05) is 38.2 Å². The molecule has 1 fully saturated rings. The lowest BCUT2D eigenvalue weighted by Crippen LogP contribution is -2.42. The molecule has 0 aliphatic carbocycles. The van der Waals surface area contributed by atoms with Gasteiger partial charge in [0.2, 0.25) is 0 Å². The summed E-state index contributed by atoms with van der Waals surface area (Å²) in [6, 6.07) is 0.712. The summed E-state index contributed by atoms with van der Waals surface area (Å²) in [7, 11) is 0. The predicted octanol–water partition coefficient (Wildman–Crippen LogP) is 3.62. The summed E-state index contributed by atoms with van der Waals surface area (Å²) < 4.78 is 0. The van der Waals surface area contributed by atoms with E-state index in [1.54, 1.807) is 0 Å². The highest BCUT2D eigenvalue weighted by molar-refractivity contribution is 7.98. The van der Waals surface area contributed by atoms with Crippen LogP contribution in [-0.4, -0.2) is 49.1 Å². The molecule has 0 spiro atoms. The average Bonchev–Trinajstić information content (AvgIpc) is 2.43. The van der Waals surface area contributed by atoms with E-state index in [0.717, 1.165) is 5.92 Å². The monoisotopic (exact) mass is 286 g/mol. The second kappa shape index (κ2) is 11.0. The van der Waals surface area contributed by atoms with Crippen molar-refractivity contribution in [3.8, 4) is 0 Å². The maximum atomic E-state index is 3.75. The summed E-state index contributed by atoms with van der Waals surface area (Å²) in [5.41, 5.74) is 0. The largest absolute Gasteiger partial charge is 0.314 e. The molecule has 1 saturated heterocycles. The Hall–Kier alpha value is 0.270. The fraction of sp³-hybridized carbons (Fsp3) is 1.00. The molecule has 1 N–H and O–H groups in total. The van der Waals surface area contributed by atoms with E-state index in [2.05, 4.69) is 30.3 Å². The Labute approximate surface area is 125 Å². The van der Waals surface area contributed by atoms with E-state index in [-0.39, 0.29) is 0 Å². The highest BCUT2D eigenvalue weighted by atomic mass is 32.2. The molecule has 1 aliphatic rings. The quantitative estimate of drug-likeness (QED) is 0.618. The van der Waals surface area contributed by atoms with Crippen LogP contribution >= 0.6 is 11.8 Å². The van der Waals surface area contributed by atoms with E-state index < -0.39 is 0 Å². The van der Waals surface area contributed by atoms with E-state index in [9.17, 15) is 0 Å². The summed E-state index contributed by atoms with van der Waals surface area (Å²) in [4.78, 5) is 2.63. The minimum atomic E-state index is 0.712. The van der Waals surface area contributed by atoms with Gasteiger partial charge in [-0.1, -0.05) is 13.3 Å². The molecule has 0 saturated carbocycles. The second-order valence-corrected chi connectivity index (χ2v) is 6.96. The molecule has 3 heteroatoms. The average molecular weight is 287 g/mol. The van der Waals surface area contributed by atoms with Gasteiger partial charge in [-0.3, -0.25) is 0 Å². The van der Waals surface area contributed by atoms with Crippen LogP contribution in [0.5, 0.6) is 0 Å². The van der Waals surface area contributed by atoms with Crippen LogP contribution in [-0.2, 0) is 0 Å². The first-order valence-electron chi connectivity index (χ1n) is 8.22. The minimum absolute atomic E-state index is 0.712. The molecule has 1 rings (SSSR count). The predicted molar refractivity (Wildman–Crippen MR) is 89.2 cm³/mol. The van der Waals surface area contributed by atoms with Crippen molar-refractivity contribution in [3.05, 3.63) is 0 Å². The second-order valence-electron chi connectivity index (χ2n) is 5.98. The minimum Gasteiger partial charge on any atom is -0.314 e. The Balaban J connectivity index is 2.02. The summed E-state index contributed by atoms with van der Waals surface area (Å²) >= 11 is 1.97. The number of hydrogen-bond acceptors (Lipinski definition) is 3. The first kappa shape index (κ1) is 17.3. The van der Waals surface area contributed by atoms with Crippen molar-refractivity contribution in [1.82, 2.24) is 10.2 Å². The normalized spacial score (nSPS) is 19.7. The molecule has 0 aromatic rings. The van der Waals surface area contributed by atoms with Crippen molar-refractivity contribution >= 4 is 11.8 Å². The van der Waals surface area contributed by atoms with Gasteiger partial charge in [0.1, 0.15) is 0 Å². The Kier molecular flexibility index (Phi) is 10.0. The van der Waals surface area contributed by atoms with Crippen molar-refractivity contribution in [1.29, 1.82) is 0 Å². The van der Waals surface area contributed by atoms with Gasteiger partial charge in [-0.2, -0.15) is 11.8 Å². The Bertz CT molecular complexity index is 203. The zero-order valence-electron chi connectivity index (χ0n) is 13.3. The molecule has 19 heavy (non-hydrogen) atoms. The van der Waals surface area contributed by atoms with Gasteiger partial charge in [0, 0.05) is 6.04 Å². The number of hydrogen-bond donors (Lipinski definition) is 1. The molecule has 1 unspecified atom stereocenters. The lowest BCUT2D eigenvalue weighted by molar-refractivity contribution is 0.163. The summed E-state index contributed by atoms with van der Waals surface area (Å²) in [6.07, 6.45) is 10.4. The number of rotatable bonds is 10. The van der Waals surface area contributed by atoms with Gasteiger partial charge >= 0.3 is 0 Å². The van der Waals surface area contributed by atoms with E-state index >= 15 is 0 Å². The standard InChI is InChI=1S/C16H34N2S/c1-4-11-18-12-8-16(9-13-18)15(2)17-10-6-5-7-14-19-3/h15-17H,4-14H2,1-3H3. The molecule has 2 nitrogen and oxygen atoms in total. The van der Waals surface area contributed by atoms with Crippen molar-refractivity contribution in [3.63, 3.8) is 0 Å². The molecule has 0 radical (unpaired) electrons. The van der Waals surface area contributed by atoms with Crippen molar-refractivity contribution in [2.24, 2.45) is 5.92 Å². The maximum Gasteiger partial charge on any atom is 0.00679 e. The van der Waals surface area contributed by atoms with E-state index in [0.29, 0.717) is 6.04 Å². The lowest BCUT2D eigenvalue weighted by Gasteiger charge is -2.35. The highest BCUT2D eigenvalue weighted by Gasteiger charge is 2.22. The van der Waals surface area contributed by atoms with Crippen LogP contribution in [0.25, 0.3) is 0 Å². The van der Waals surface area contributed by atoms with Crippen molar-refractivity contribution in [2.45, 2.75) is 58.4 Å². The molecule has 1 atom stereocenters. The van der Waals surface area contributed by atoms with Gasteiger partial charge in [0.25, 0.3) is 0 Å². The maximum absolute atomic E-state index is 3.75. The van der Waals surface area contributed by atoms with Gasteiger partial charge in [-0.15, -0.1) is 0 Å². The van der Waals surface area contributed by atoms with Crippen molar-refractivity contribution < 1.29 is 0 Å². The number of likely N-dealkylation sites (tertiary alicyclic amines) is 1. The zero-order valence-corrected chi connectivity index (χ0v) is 14.1. The van der Waals surface area contributed by atoms with Gasteiger partial charge in [-0.05, 0) is 83.1 Å². The fourth-order valence-electron chi connectivity index (χ4n) is 3.04. The molecule has 0 aromatic carbocycles. The number of nitrogens with one attached hydrogen (secondary N) is 1. The third kappa shape index (κ3) is 7.57. The summed E-state index contributed by atoms with van der Waals surface area (Å²) in [5.74, 6) is 2.23. The van der Waals surface area contributed by atoms with Gasteiger partial charge in [0.15, 0.2) is 0 Å². The lowest BCUT2D eigenvalue weighted by atomic mass is 9.90. The van der Waals surface area contributed by atoms with Crippen LogP contribution < -0.4 is 5.32 Å². The molecule has 1 aliphatic heterocycles. The fourth-order valence-corrected chi connectivity index (χ4v) is 3.53. The molecule has 0 amide bonds. The van der Waals surface area contributed by atoms with E-state index in [1.807, 2.05) is 11.8 Å². The molecule has 1 heterocycles. The van der Waals surface area contributed by atoms with Crippen LogP contribution in [0.3, 0.4) is 0 Å². The highest BCUT2D eigenvalue weighted by Crippen LogP contribution is 2.20. The van der Waals surface area contributed by atoms with Gasteiger partial charge in [0.05, 0.1) is 0 Å². The number of piperidine rings is 1. The van der Waals surface area contributed by atoms with Gasteiger partial charge in [-0.25, -0.2) is 0 Å². The van der Waals surface area contributed by atoms with Crippen LogP contribution in [0.15, 0.2) is 0 Å². The number of unbranched alkanes of at least 4 members (excludes halogenated alkanes) is 2. The zero-order chi connectivity index (χ0) is 13.9. The van der Waals surface area contributed by atoms with Crippen LogP contribution in [0.2, 0.25) is 0 Å². The third-order valence-electron chi connectivity index (χ3n) is 4.37.